The van der Waals surface area contributed by atoms with E-state index in [1.165, 1.54) is 6.21 Å². The highest BCUT2D eigenvalue weighted by Gasteiger charge is 2.05. The molecule has 0 radical (unpaired) electrons. The Balaban J connectivity index is 2.43. The smallest absolute Gasteiger partial charge is 0.121 e. The molecular weight excluding hydrogens is 258 g/mol. The molecule has 4 nitrogen and oxygen atoms in total. The first kappa shape index (κ1) is 9.92. The predicted molar refractivity (Wildman–Crippen MR) is 60.6 cm³/mol. The third-order valence-corrected chi connectivity index (χ3v) is 2.51. The first-order valence-corrected chi connectivity index (χ1v) is 5.08. The van der Waals surface area contributed by atoms with Crippen LogP contribution in [-0.2, 0) is 0 Å². The largest absolute Gasteiger partial charge is 0.411 e. The van der Waals surface area contributed by atoms with Crippen molar-refractivity contribution in [2.75, 3.05) is 0 Å². The van der Waals surface area contributed by atoms with E-state index in [1.54, 1.807) is 4.68 Å². The Morgan fingerprint density at radius 1 is 1.33 bits per heavy atom. The summed E-state index contributed by atoms with van der Waals surface area (Å²) in [6.07, 6.45) is 3.09. The fraction of sp³-hybridized carbons (Fsp3) is 0. The molecule has 2 aromatic rings. The van der Waals surface area contributed by atoms with Crippen molar-refractivity contribution in [1.29, 1.82) is 0 Å². The van der Waals surface area contributed by atoms with Crippen LogP contribution in [0.5, 0.6) is 0 Å². The third-order valence-electron chi connectivity index (χ3n) is 1.90. The van der Waals surface area contributed by atoms with Gasteiger partial charge in [-0.25, -0.2) is 4.68 Å². The number of nitrogens with zero attached hydrogens (tertiary/aromatic N) is 3. The Kier molecular flexibility index (Phi) is 2.82. The van der Waals surface area contributed by atoms with Crippen molar-refractivity contribution >= 4 is 22.1 Å². The average Bonchev–Trinajstić information content (AvgIpc) is 2.63. The molecule has 0 spiro atoms. The van der Waals surface area contributed by atoms with Gasteiger partial charge in [0, 0.05) is 6.20 Å². The van der Waals surface area contributed by atoms with Gasteiger partial charge in [-0.2, -0.15) is 5.10 Å². The molecule has 1 aromatic carbocycles. The zero-order valence-electron chi connectivity index (χ0n) is 7.71. The van der Waals surface area contributed by atoms with Crippen LogP contribution in [0.2, 0.25) is 0 Å². The highest BCUT2D eigenvalue weighted by molar-refractivity contribution is 9.10. The SMILES string of the molecule is O/N=C/c1nn(-c2ccccc2)cc1Br. The van der Waals surface area contributed by atoms with Crippen LogP contribution in [-0.4, -0.2) is 21.2 Å². The van der Waals surface area contributed by atoms with Crippen LogP contribution in [0.4, 0.5) is 0 Å². The van der Waals surface area contributed by atoms with Crippen LogP contribution in [0.1, 0.15) is 5.69 Å². The van der Waals surface area contributed by atoms with Gasteiger partial charge < -0.3 is 5.21 Å². The molecule has 1 N–H and O–H groups in total. The highest BCUT2D eigenvalue weighted by atomic mass is 79.9. The van der Waals surface area contributed by atoms with Crippen molar-refractivity contribution in [3.8, 4) is 5.69 Å². The minimum absolute atomic E-state index is 0.585. The molecule has 1 aromatic heterocycles. The van der Waals surface area contributed by atoms with Crippen molar-refractivity contribution in [3.05, 3.63) is 46.7 Å². The predicted octanol–water partition coefficient (Wildman–Crippen LogP) is 2.44. The number of para-hydroxylation sites is 1. The maximum absolute atomic E-state index is 8.42. The summed E-state index contributed by atoms with van der Waals surface area (Å²) in [6, 6.07) is 9.70. The fourth-order valence-electron chi connectivity index (χ4n) is 1.22. The number of hydrogen-bond acceptors (Lipinski definition) is 3. The minimum atomic E-state index is 0.585. The number of rotatable bonds is 2. The topological polar surface area (TPSA) is 50.4 Å². The fourth-order valence-corrected chi connectivity index (χ4v) is 1.60. The Morgan fingerprint density at radius 2 is 2.07 bits per heavy atom. The van der Waals surface area contributed by atoms with Crippen molar-refractivity contribution < 1.29 is 5.21 Å². The van der Waals surface area contributed by atoms with Crippen molar-refractivity contribution in [2.45, 2.75) is 0 Å². The van der Waals surface area contributed by atoms with Crippen LogP contribution in [0, 0.1) is 0 Å². The highest BCUT2D eigenvalue weighted by Crippen LogP contribution is 2.16. The van der Waals surface area contributed by atoms with E-state index >= 15 is 0 Å². The van der Waals surface area contributed by atoms with Crippen molar-refractivity contribution in [3.63, 3.8) is 0 Å². The molecule has 0 saturated heterocycles. The Bertz CT molecular complexity index is 479. The first-order valence-electron chi connectivity index (χ1n) is 4.29. The molecule has 0 atom stereocenters. The number of aromatic nitrogens is 2. The summed E-state index contributed by atoms with van der Waals surface area (Å²) < 4.78 is 2.49. The number of hydrogen-bond donors (Lipinski definition) is 1. The maximum Gasteiger partial charge on any atom is 0.121 e. The van der Waals surface area contributed by atoms with Gasteiger partial charge in [-0.05, 0) is 28.1 Å². The second kappa shape index (κ2) is 4.27. The molecule has 5 heteroatoms. The molecule has 2 rings (SSSR count). The monoisotopic (exact) mass is 265 g/mol. The van der Waals surface area contributed by atoms with Crippen LogP contribution in [0.3, 0.4) is 0 Å². The zero-order chi connectivity index (χ0) is 10.7. The van der Waals surface area contributed by atoms with Gasteiger partial charge in [0.25, 0.3) is 0 Å². The average molecular weight is 266 g/mol. The minimum Gasteiger partial charge on any atom is -0.411 e. The van der Waals surface area contributed by atoms with E-state index in [1.807, 2.05) is 36.5 Å². The van der Waals surface area contributed by atoms with Gasteiger partial charge >= 0.3 is 0 Å². The molecule has 1 heterocycles. The Hall–Kier alpha value is -1.62. The summed E-state index contributed by atoms with van der Waals surface area (Å²) in [6.45, 7) is 0. The third kappa shape index (κ3) is 2.07. The number of oxime groups is 1. The molecule has 15 heavy (non-hydrogen) atoms. The van der Waals surface area contributed by atoms with E-state index in [0.29, 0.717) is 5.69 Å². The van der Waals surface area contributed by atoms with E-state index in [-0.39, 0.29) is 0 Å². The standard InChI is InChI=1S/C10H8BrN3O/c11-9-7-14(13-10(9)6-12-15)8-4-2-1-3-5-8/h1-7,15H/b12-6+. The van der Waals surface area contributed by atoms with Gasteiger partial charge in [0.2, 0.25) is 0 Å². The van der Waals surface area contributed by atoms with Gasteiger partial charge in [0.1, 0.15) is 5.69 Å². The van der Waals surface area contributed by atoms with Crippen molar-refractivity contribution in [2.24, 2.45) is 5.16 Å². The summed E-state index contributed by atoms with van der Waals surface area (Å²) in [7, 11) is 0. The summed E-state index contributed by atoms with van der Waals surface area (Å²) >= 11 is 3.33. The molecular formula is C10H8BrN3O. The van der Waals surface area contributed by atoms with E-state index in [4.69, 9.17) is 5.21 Å². The summed E-state index contributed by atoms with van der Waals surface area (Å²) in [4.78, 5) is 0. The van der Waals surface area contributed by atoms with Gasteiger partial charge in [0.05, 0.1) is 16.4 Å². The quantitative estimate of drug-likeness (QED) is 0.515. The van der Waals surface area contributed by atoms with Gasteiger partial charge in [0.15, 0.2) is 0 Å². The van der Waals surface area contributed by atoms with E-state index in [9.17, 15) is 0 Å². The molecule has 0 bridgehead atoms. The zero-order valence-corrected chi connectivity index (χ0v) is 9.29. The lowest BCUT2D eigenvalue weighted by Gasteiger charge is -1.98. The van der Waals surface area contributed by atoms with Crippen LogP contribution in [0.15, 0.2) is 46.2 Å². The molecule has 0 aliphatic rings. The molecule has 76 valence electrons. The number of halogens is 1. The second-order valence-electron chi connectivity index (χ2n) is 2.89. The van der Waals surface area contributed by atoms with Crippen LogP contribution >= 0.6 is 15.9 Å². The van der Waals surface area contributed by atoms with Crippen LogP contribution in [0.25, 0.3) is 5.69 Å². The van der Waals surface area contributed by atoms with Gasteiger partial charge in [-0.1, -0.05) is 23.4 Å². The summed E-state index contributed by atoms with van der Waals surface area (Å²) in [5.74, 6) is 0. The molecule has 0 amide bonds. The summed E-state index contributed by atoms with van der Waals surface area (Å²) in [5, 5.41) is 15.6. The molecule has 0 saturated carbocycles. The lowest BCUT2D eigenvalue weighted by atomic mass is 10.3. The summed E-state index contributed by atoms with van der Waals surface area (Å²) in [5.41, 5.74) is 1.54. The maximum atomic E-state index is 8.42. The molecule has 0 unspecified atom stereocenters. The molecule has 0 aliphatic carbocycles. The Morgan fingerprint density at radius 3 is 2.73 bits per heavy atom. The van der Waals surface area contributed by atoms with Crippen LogP contribution < -0.4 is 0 Å². The number of benzene rings is 1. The van der Waals surface area contributed by atoms with E-state index < -0.39 is 0 Å². The Labute approximate surface area is 95.0 Å². The normalized spacial score (nSPS) is 11.0. The van der Waals surface area contributed by atoms with Gasteiger partial charge in [-0.15, -0.1) is 0 Å². The van der Waals surface area contributed by atoms with E-state index in [2.05, 4.69) is 26.2 Å². The first-order chi connectivity index (χ1) is 7.31. The molecule has 0 aliphatic heterocycles. The lowest BCUT2D eigenvalue weighted by Crippen LogP contribution is -1.95. The molecule has 0 fully saturated rings. The van der Waals surface area contributed by atoms with E-state index in [0.717, 1.165) is 10.2 Å². The lowest BCUT2D eigenvalue weighted by molar-refractivity contribution is 0.321. The second-order valence-corrected chi connectivity index (χ2v) is 3.74. The van der Waals surface area contributed by atoms with Crippen molar-refractivity contribution in [1.82, 2.24) is 9.78 Å². The van der Waals surface area contributed by atoms with Gasteiger partial charge in [-0.3, -0.25) is 0 Å².